The van der Waals surface area contributed by atoms with Crippen molar-refractivity contribution in [3.8, 4) is 5.75 Å². The van der Waals surface area contributed by atoms with E-state index in [2.05, 4.69) is 0 Å². The van der Waals surface area contributed by atoms with Crippen LogP contribution in [0.2, 0.25) is 0 Å². The molecule has 2 N–H and O–H groups in total. The van der Waals surface area contributed by atoms with Gasteiger partial charge in [0.05, 0.1) is 17.3 Å². The lowest BCUT2D eigenvalue weighted by Crippen LogP contribution is -2.27. The first-order valence-corrected chi connectivity index (χ1v) is 6.56. The molecule has 0 saturated heterocycles. The maximum atomic E-state index is 12.1. The number of nitrogens with two attached hydrogens (primary N) is 1. The molecule has 1 atom stereocenters. The minimum atomic E-state index is -3.33. The van der Waals surface area contributed by atoms with Gasteiger partial charge in [-0.3, -0.25) is 0 Å². The Labute approximate surface area is 96.3 Å². The first kappa shape index (κ1) is 13.0. The van der Waals surface area contributed by atoms with E-state index < -0.39 is 15.1 Å². The minimum Gasteiger partial charge on any atom is -0.497 e. The van der Waals surface area contributed by atoms with Crippen molar-refractivity contribution in [2.75, 3.05) is 13.7 Å². The fourth-order valence-electron chi connectivity index (χ4n) is 1.41. The van der Waals surface area contributed by atoms with Gasteiger partial charge in [0.15, 0.2) is 9.84 Å². The highest BCUT2D eigenvalue weighted by Crippen LogP contribution is 2.23. The van der Waals surface area contributed by atoms with Crippen LogP contribution in [0.15, 0.2) is 23.1 Å². The van der Waals surface area contributed by atoms with Crippen molar-refractivity contribution in [1.82, 2.24) is 0 Å². The van der Waals surface area contributed by atoms with Crippen molar-refractivity contribution in [1.29, 1.82) is 0 Å². The number of hydrogen-bond acceptors (Lipinski definition) is 4. The summed E-state index contributed by atoms with van der Waals surface area (Å²) in [6, 6.07) is 4.91. The second-order valence-corrected chi connectivity index (χ2v) is 6.06. The Morgan fingerprint density at radius 1 is 1.44 bits per heavy atom. The molecule has 0 saturated carbocycles. The van der Waals surface area contributed by atoms with E-state index in [4.69, 9.17) is 10.5 Å². The molecule has 0 amide bonds. The summed E-state index contributed by atoms with van der Waals surface area (Å²) in [6.45, 7) is 3.48. The van der Waals surface area contributed by atoms with E-state index in [-0.39, 0.29) is 6.54 Å². The van der Waals surface area contributed by atoms with E-state index in [1.54, 1.807) is 39.2 Å². The standard InChI is InChI=1S/C11H17NO3S/c1-8-6-10(15-3)4-5-11(8)16(13,14)9(2)7-12/h4-6,9H,7,12H2,1-3H3. The second-order valence-electron chi connectivity index (χ2n) is 3.72. The van der Waals surface area contributed by atoms with Crippen molar-refractivity contribution in [3.05, 3.63) is 23.8 Å². The molecule has 0 radical (unpaired) electrons. The molecule has 1 aromatic carbocycles. The summed E-state index contributed by atoms with van der Waals surface area (Å²) in [6.07, 6.45) is 0. The Bertz CT molecular complexity index is 468. The Balaban J connectivity index is 3.24. The average molecular weight is 243 g/mol. The van der Waals surface area contributed by atoms with Crippen LogP contribution in [-0.4, -0.2) is 27.3 Å². The zero-order valence-corrected chi connectivity index (χ0v) is 10.5. The van der Waals surface area contributed by atoms with Crippen molar-refractivity contribution in [2.24, 2.45) is 5.73 Å². The summed E-state index contributed by atoms with van der Waals surface area (Å²) in [7, 11) is -1.78. The lowest BCUT2D eigenvalue weighted by molar-refractivity contribution is 0.414. The maximum Gasteiger partial charge on any atom is 0.182 e. The monoisotopic (exact) mass is 243 g/mol. The number of aryl methyl sites for hydroxylation is 1. The molecule has 4 nitrogen and oxygen atoms in total. The Morgan fingerprint density at radius 3 is 2.50 bits per heavy atom. The summed E-state index contributed by atoms with van der Waals surface area (Å²) in [4.78, 5) is 0.325. The molecule has 0 spiro atoms. The number of benzene rings is 1. The molecule has 0 aliphatic rings. The first-order chi connectivity index (χ1) is 7.43. The molecule has 0 bridgehead atoms. The van der Waals surface area contributed by atoms with Crippen LogP contribution in [-0.2, 0) is 9.84 Å². The Kier molecular flexibility index (Phi) is 3.93. The molecule has 0 heterocycles. The summed E-state index contributed by atoms with van der Waals surface area (Å²) in [5, 5.41) is -0.570. The van der Waals surface area contributed by atoms with Crippen molar-refractivity contribution >= 4 is 9.84 Å². The van der Waals surface area contributed by atoms with Gasteiger partial charge in [-0.05, 0) is 37.6 Å². The van der Waals surface area contributed by atoms with Gasteiger partial charge in [-0.1, -0.05) is 0 Å². The van der Waals surface area contributed by atoms with Crippen LogP contribution in [0, 0.1) is 6.92 Å². The van der Waals surface area contributed by atoms with Gasteiger partial charge in [0, 0.05) is 6.54 Å². The molecule has 1 aromatic rings. The topological polar surface area (TPSA) is 69.4 Å². The lowest BCUT2D eigenvalue weighted by Gasteiger charge is -2.13. The normalized spacial score (nSPS) is 13.5. The SMILES string of the molecule is COc1ccc(S(=O)(=O)C(C)CN)c(C)c1. The number of hydrogen-bond donors (Lipinski definition) is 1. The van der Waals surface area contributed by atoms with Gasteiger partial charge in [-0.2, -0.15) is 0 Å². The van der Waals surface area contributed by atoms with Gasteiger partial charge < -0.3 is 10.5 Å². The van der Waals surface area contributed by atoms with Crippen LogP contribution in [0.25, 0.3) is 0 Å². The van der Waals surface area contributed by atoms with Gasteiger partial charge in [0.1, 0.15) is 5.75 Å². The first-order valence-electron chi connectivity index (χ1n) is 5.02. The van der Waals surface area contributed by atoms with Crippen LogP contribution >= 0.6 is 0 Å². The van der Waals surface area contributed by atoms with Crippen LogP contribution in [0.3, 0.4) is 0 Å². The van der Waals surface area contributed by atoms with Crippen molar-refractivity contribution in [3.63, 3.8) is 0 Å². The molecule has 0 aromatic heterocycles. The highest BCUT2D eigenvalue weighted by molar-refractivity contribution is 7.92. The van der Waals surface area contributed by atoms with Crippen molar-refractivity contribution < 1.29 is 13.2 Å². The minimum absolute atomic E-state index is 0.119. The van der Waals surface area contributed by atoms with Gasteiger partial charge in [-0.25, -0.2) is 8.42 Å². The molecule has 90 valence electrons. The van der Waals surface area contributed by atoms with E-state index in [0.717, 1.165) is 0 Å². The molecule has 0 aliphatic heterocycles. The molecule has 16 heavy (non-hydrogen) atoms. The number of methoxy groups -OCH3 is 1. The Morgan fingerprint density at radius 2 is 2.06 bits per heavy atom. The van der Waals surface area contributed by atoms with Gasteiger partial charge in [-0.15, -0.1) is 0 Å². The molecular weight excluding hydrogens is 226 g/mol. The second kappa shape index (κ2) is 4.84. The maximum absolute atomic E-state index is 12.1. The molecule has 0 aliphatic carbocycles. The quantitative estimate of drug-likeness (QED) is 0.860. The highest BCUT2D eigenvalue weighted by atomic mass is 32.2. The van der Waals surface area contributed by atoms with E-state index in [1.807, 2.05) is 0 Å². The molecule has 0 fully saturated rings. The van der Waals surface area contributed by atoms with Crippen LogP contribution < -0.4 is 10.5 Å². The lowest BCUT2D eigenvalue weighted by atomic mass is 10.2. The summed E-state index contributed by atoms with van der Waals surface area (Å²) >= 11 is 0. The van der Waals surface area contributed by atoms with E-state index in [9.17, 15) is 8.42 Å². The summed E-state index contributed by atoms with van der Waals surface area (Å²) in [5.74, 6) is 0.650. The number of ether oxygens (including phenoxy) is 1. The van der Waals surface area contributed by atoms with E-state index in [1.165, 1.54) is 0 Å². The van der Waals surface area contributed by atoms with E-state index >= 15 is 0 Å². The largest absolute Gasteiger partial charge is 0.497 e. The summed E-state index contributed by atoms with van der Waals surface area (Å²) in [5.41, 5.74) is 6.08. The third-order valence-corrected chi connectivity index (χ3v) is 4.87. The number of sulfone groups is 1. The van der Waals surface area contributed by atoms with Crippen LogP contribution in [0.4, 0.5) is 0 Å². The molecule has 1 rings (SSSR count). The molecule has 1 unspecified atom stereocenters. The fourth-order valence-corrected chi connectivity index (χ4v) is 2.86. The third-order valence-electron chi connectivity index (χ3n) is 2.55. The van der Waals surface area contributed by atoms with Gasteiger partial charge in [0.2, 0.25) is 0 Å². The number of rotatable bonds is 4. The van der Waals surface area contributed by atoms with Crippen LogP contribution in [0.5, 0.6) is 5.75 Å². The van der Waals surface area contributed by atoms with Crippen LogP contribution in [0.1, 0.15) is 12.5 Å². The average Bonchev–Trinajstić information content (AvgIpc) is 2.27. The molecule has 5 heteroatoms. The van der Waals surface area contributed by atoms with Gasteiger partial charge >= 0.3 is 0 Å². The van der Waals surface area contributed by atoms with E-state index in [0.29, 0.717) is 16.2 Å². The molecular formula is C11H17NO3S. The predicted molar refractivity (Wildman–Crippen MR) is 63.4 cm³/mol. The highest BCUT2D eigenvalue weighted by Gasteiger charge is 2.23. The smallest absolute Gasteiger partial charge is 0.182 e. The van der Waals surface area contributed by atoms with Crippen molar-refractivity contribution in [2.45, 2.75) is 24.0 Å². The zero-order chi connectivity index (χ0) is 12.3. The summed E-state index contributed by atoms with van der Waals surface area (Å²) < 4.78 is 29.2. The fraction of sp³-hybridized carbons (Fsp3) is 0.455. The van der Waals surface area contributed by atoms with Gasteiger partial charge in [0.25, 0.3) is 0 Å². The third kappa shape index (κ3) is 2.36. The Hall–Kier alpha value is -1.07. The predicted octanol–water partition coefficient (Wildman–Crippen LogP) is 1.12. The zero-order valence-electron chi connectivity index (χ0n) is 9.73.